The molecule has 0 unspecified atom stereocenters. The molecule has 2 aromatic heterocycles. The lowest BCUT2D eigenvalue weighted by Crippen LogP contribution is -2.14. The molecule has 2 aromatic rings. The van der Waals surface area contributed by atoms with Crippen LogP contribution in [0.2, 0.25) is 0 Å². The number of nitrogen functional groups attached to an aromatic ring is 1. The third-order valence-electron chi connectivity index (χ3n) is 2.18. The van der Waals surface area contributed by atoms with Gasteiger partial charge in [-0.3, -0.25) is 18.9 Å². The molecule has 0 fully saturated rings. The number of hydrogen-bond acceptors (Lipinski definition) is 8. The average Bonchev–Trinajstić information content (AvgIpc) is 2.70. The maximum Gasteiger partial charge on any atom is 0.397 e. The topological polar surface area (TPSA) is 162 Å². The van der Waals surface area contributed by atoms with Crippen LogP contribution in [0.15, 0.2) is 11.1 Å². The minimum Gasteiger partial charge on any atom is -0.369 e. The number of nitrogens with zero attached hydrogens (tertiary/aromatic N) is 3. The van der Waals surface area contributed by atoms with E-state index < -0.39 is 16.0 Å². The van der Waals surface area contributed by atoms with Crippen molar-refractivity contribution < 1.29 is 21.9 Å². The summed E-state index contributed by atoms with van der Waals surface area (Å²) in [5.41, 5.74) is 5.29. The van der Waals surface area contributed by atoms with Crippen LogP contribution in [0.5, 0.6) is 0 Å². The highest BCUT2D eigenvalue weighted by atomic mass is 32.3. The maximum absolute atomic E-state index is 11.5. The number of hydrogen-bond donors (Lipinski definition) is 3. The highest BCUT2D eigenvalue weighted by molar-refractivity contribution is 7.80. The Labute approximate surface area is 112 Å². The molecule has 110 valence electrons. The molecule has 4 N–H and O–H groups in total. The number of imidazole rings is 1. The van der Waals surface area contributed by atoms with Gasteiger partial charge in [-0.1, -0.05) is 0 Å². The molecule has 0 radical (unpaired) electrons. The Kier molecular flexibility index (Phi) is 3.99. The number of ether oxygens (including phenoxy) is 1. The molecule has 0 saturated carbocycles. The molecule has 0 saturated heterocycles. The molecule has 2 heterocycles. The van der Waals surface area contributed by atoms with Gasteiger partial charge in [0.15, 0.2) is 11.2 Å². The number of rotatable bonds is 6. The lowest BCUT2D eigenvalue weighted by molar-refractivity contribution is 0.0543. The number of fused-ring (bicyclic) bond motifs is 1. The van der Waals surface area contributed by atoms with Crippen LogP contribution in [-0.4, -0.2) is 45.7 Å². The molecule has 0 bridgehead atoms. The van der Waals surface area contributed by atoms with Crippen molar-refractivity contribution in [1.82, 2.24) is 19.5 Å². The Hall–Kier alpha value is -2.02. The summed E-state index contributed by atoms with van der Waals surface area (Å²) in [4.78, 5) is 21.6. The van der Waals surface area contributed by atoms with E-state index in [0.717, 1.165) is 0 Å². The predicted octanol–water partition coefficient (Wildman–Crippen LogP) is -1.50. The third kappa shape index (κ3) is 3.51. The van der Waals surface area contributed by atoms with Crippen molar-refractivity contribution in [3.8, 4) is 0 Å². The maximum atomic E-state index is 11.5. The highest BCUT2D eigenvalue weighted by Crippen LogP contribution is 2.06. The molecule has 20 heavy (non-hydrogen) atoms. The van der Waals surface area contributed by atoms with E-state index in [0.29, 0.717) is 0 Å². The van der Waals surface area contributed by atoms with Gasteiger partial charge < -0.3 is 10.5 Å². The zero-order chi connectivity index (χ0) is 14.8. The quantitative estimate of drug-likeness (QED) is 0.425. The van der Waals surface area contributed by atoms with E-state index in [9.17, 15) is 13.2 Å². The fourth-order valence-corrected chi connectivity index (χ4v) is 1.71. The molecule has 2 rings (SSSR count). The monoisotopic (exact) mass is 305 g/mol. The molecule has 0 aromatic carbocycles. The van der Waals surface area contributed by atoms with Gasteiger partial charge in [0.1, 0.15) is 6.73 Å². The van der Waals surface area contributed by atoms with Crippen molar-refractivity contribution in [2.45, 2.75) is 6.73 Å². The zero-order valence-corrected chi connectivity index (χ0v) is 10.8. The number of nitrogens with one attached hydrogen (secondary N) is 1. The molecule has 12 heteroatoms. The van der Waals surface area contributed by atoms with Crippen LogP contribution in [-0.2, 0) is 26.0 Å². The second-order valence-electron chi connectivity index (χ2n) is 3.62. The lowest BCUT2D eigenvalue weighted by Gasteiger charge is -2.05. The summed E-state index contributed by atoms with van der Waals surface area (Å²) >= 11 is 0. The number of anilines is 1. The van der Waals surface area contributed by atoms with Crippen LogP contribution in [0, 0.1) is 0 Å². The van der Waals surface area contributed by atoms with E-state index in [2.05, 4.69) is 19.1 Å². The first-order valence-electron chi connectivity index (χ1n) is 5.27. The second kappa shape index (κ2) is 5.54. The van der Waals surface area contributed by atoms with Gasteiger partial charge in [-0.05, 0) is 0 Å². The van der Waals surface area contributed by atoms with Gasteiger partial charge in [-0.25, -0.2) is 9.17 Å². The van der Waals surface area contributed by atoms with Gasteiger partial charge in [0.25, 0.3) is 5.56 Å². The van der Waals surface area contributed by atoms with E-state index >= 15 is 0 Å². The van der Waals surface area contributed by atoms with Gasteiger partial charge in [-0.2, -0.15) is 13.4 Å². The van der Waals surface area contributed by atoms with Gasteiger partial charge in [0.05, 0.1) is 19.5 Å². The smallest absolute Gasteiger partial charge is 0.369 e. The first-order chi connectivity index (χ1) is 9.37. The van der Waals surface area contributed by atoms with Crippen molar-refractivity contribution in [2.24, 2.45) is 0 Å². The fraction of sp³-hybridized carbons (Fsp3) is 0.375. The third-order valence-corrected chi connectivity index (χ3v) is 2.65. The minimum absolute atomic E-state index is 0.0404. The summed E-state index contributed by atoms with van der Waals surface area (Å²) in [7, 11) is -4.48. The first kappa shape index (κ1) is 14.4. The van der Waals surface area contributed by atoms with E-state index in [1.54, 1.807) is 0 Å². The van der Waals surface area contributed by atoms with E-state index in [-0.39, 0.29) is 37.1 Å². The molecule has 0 spiro atoms. The summed E-state index contributed by atoms with van der Waals surface area (Å²) in [6, 6.07) is 0. The summed E-state index contributed by atoms with van der Waals surface area (Å²) < 4.78 is 39.4. The number of aromatic amines is 1. The Morgan fingerprint density at radius 1 is 1.45 bits per heavy atom. The van der Waals surface area contributed by atoms with Gasteiger partial charge in [0, 0.05) is 0 Å². The Morgan fingerprint density at radius 2 is 2.20 bits per heavy atom. The SMILES string of the molecule is Nc1nc2c(ncn2COCCOS(=O)(=O)O)c(=O)[nH]1. The standard InChI is InChI=1S/C8H11N5O6S/c9-8-11-6-5(7(14)12-8)10-3-13(6)4-18-1-2-19-20(15,16)17/h3H,1-2,4H2,(H,15,16,17)(H3,9,11,12,14). The average molecular weight is 305 g/mol. The Bertz CT molecular complexity index is 765. The van der Waals surface area contributed by atoms with Crippen LogP contribution >= 0.6 is 0 Å². The molecule has 0 aliphatic rings. The molecule has 11 nitrogen and oxygen atoms in total. The molecular formula is C8H11N5O6S. The van der Waals surface area contributed by atoms with Crippen molar-refractivity contribution in [3.05, 3.63) is 16.7 Å². The summed E-state index contributed by atoms with van der Waals surface area (Å²) in [5.74, 6) is -0.0565. The molecule has 0 aliphatic carbocycles. The predicted molar refractivity (Wildman–Crippen MR) is 66.0 cm³/mol. The fourth-order valence-electron chi connectivity index (χ4n) is 1.43. The normalized spacial score (nSPS) is 12.1. The van der Waals surface area contributed by atoms with E-state index in [1.807, 2.05) is 0 Å². The lowest BCUT2D eigenvalue weighted by atomic mass is 10.5. The van der Waals surface area contributed by atoms with Gasteiger partial charge in [-0.15, -0.1) is 0 Å². The number of H-pyrrole nitrogens is 1. The summed E-state index contributed by atoms with van der Waals surface area (Å²) in [5, 5.41) is 0. The minimum atomic E-state index is -4.48. The van der Waals surface area contributed by atoms with Crippen LogP contribution in [0.25, 0.3) is 11.2 Å². The van der Waals surface area contributed by atoms with Gasteiger partial charge >= 0.3 is 10.4 Å². The summed E-state index contributed by atoms with van der Waals surface area (Å²) in [6.45, 7) is -0.485. The van der Waals surface area contributed by atoms with E-state index in [1.165, 1.54) is 10.9 Å². The molecule has 0 amide bonds. The Balaban J connectivity index is 1.99. The van der Waals surface area contributed by atoms with Crippen LogP contribution < -0.4 is 11.3 Å². The molecular weight excluding hydrogens is 294 g/mol. The first-order valence-corrected chi connectivity index (χ1v) is 6.63. The van der Waals surface area contributed by atoms with Gasteiger partial charge in [0.2, 0.25) is 5.95 Å². The molecule has 0 aliphatic heterocycles. The molecule has 0 atom stereocenters. The van der Waals surface area contributed by atoms with Crippen molar-refractivity contribution in [2.75, 3.05) is 18.9 Å². The largest absolute Gasteiger partial charge is 0.397 e. The number of nitrogens with two attached hydrogens (primary N) is 1. The zero-order valence-electron chi connectivity index (χ0n) is 10.0. The van der Waals surface area contributed by atoms with Crippen molar-refractivity contribution in [3.63, 3.8) is 0 Å². The van der Waals surface area contributed by atoms with Crippen LogP contribution in [0.3, 0.4) is 0 Å². The van der Waals surface area contributed by atoms with Crippen molar-refractivity contribution in [1.29, 1.82) is 0 Å². The number of aromatic nitrogens is 4. The van der Waals surface area contributed by atoms with E-state index in [4.69, 9.17) is 15.0 Å². The van der Waals surface area contributed by atoms with Crippen LogP contribution in [0.1, 0.15) is 0 Å². The van der Waals surface area contributed by atoms with Crippen molar-refractivity contribution >= 4 is 27.5 Å². The highest BCUT2D eigenvalue weighted by Gasteiger charge is 2.09. The summed E-state index contributed by atoms with van der Waals surface area (Å²) in [6.07, 6.45) is 1.33. The van der Waals surface area contributed by atoms with Crippen LogP contribution in [0.4, 0.5) is 5.95 Å². The second-order valence-corrected chi connectivity index (χ2v) is 4.72. The Morgan fingerprint density at radius 3 is 2.90 bits per heavy atom.